The maximum Gasteiger partial charge on any atom is 0.253 e. The first kappa shape index (κ1) is 14.0. The number of nitrogens with zero attached hydrogens (tertiary/aromatic N) is 1. The summed E-state index contributed by atoms with van der Waals surface area (Å²) in [5.74, 6) is 0.209. The van der Waals surface area contributed by atoms with Crippen molar-refractivity contribution >= 4 is 11.8 Å². The van der Waals surface area contributed by atoms with Crippen LogP contribution in [0.15, 0.2) is 0 Å². The predicted octanol–water partition coefficient (Wildman–Crippen LogP) is 0.132. The molecule has 1 aliphatic rings. The van der Waals surface area contributed by atoms with E-state index in [0.717, 1.165) is 12.8 Å². The fourth-order valence-electron chi connectivity index (χ4n) is 2.02. The van der Waals surface area contributed by atoms with Crippen molar-refractivity contribution in [2.45, 2.75) is 39.2 Å². The van der Waals surface area contributed by atoms with E-state index in [1.165, 1.54) is 20.8 Å². The van der Waals surface area contributed by atoms with Gasteiger partial charge in [0.05, 0.1) is 0 Å². The molecule has 2 amide bonds. The predicted molar refractivity (Wildman–Crippen MR) is 64.3 cm³/mol. The van der Waals surface area contributed by atoms with Crippen LogP contribution in [0.1, 0.15) is 33.6 Å². The molecule has 0 aromatic carbocycles. The van der Waals surface area contributed by atoms with E-state index in [1.54, 1.807) is 4.90 Å². The van der Waals surface area contributed by atoms with Crippen molar-refractivity contribution in [2.24, 2.45) is 5.92 Å². The zero-order valence-corrected chi connectivity index (χ0v) is 10.8. The molecule has 0 spiro atoms. The normalized spacial score (nSPS) is 18.0. The minimum absolute atomic E-state index is 0.0139. The zero-order valence-electron chi connectivity index (χ0n) is 10.8. The van der Waals surface area contributed by atoms with Crippen LogP contribution in [0.2, 0.25) is 0 Å². The second-order valence-corrected chi connectivity index (χ2v) is 5.23. The molecule has 0 unspecified atom stereocenters. The highest BCUT2D eigenvalue weighted by Gasteiger charge is 2.31. The van der Waals surface area contributed by atoms with Gasteiger partial charge < -0.3 is 15.3 Å². The number of piperidine rings is 1. The Kier molecular flexibility index (Phi) is 4.51. The summed E-state index contributed by atoms with van der Waals surface area (Å²) in [6, 6.07) is 0. The number of carbonyl (C=O) groups is 2. The Balaban J connectivity index is 2.36. The van der Waals surface area contributed by atoms with Crippen molar-refractivity contribution in [2.75, 3.05) is 19.6 Å². The number of rotatable bonds is 3. The van der Waals surface area contributed by atoms with Crippen molar-refractivity contribution < 1.29 is 14.7 Å². The maximum atomic E-state index is 11.8. The summed E-state index contributed by atoms with van der Waals surface area (Å²) in [5, 5.41) is 12.4. The van der Waals surface area contributed by atoms with Gasteiger partial charge in [-0.25, -0.2) is 0 Å². The third kappa shape index (κ3) is 4.34. The average Bonchev–Trinajstić information content (AvgIpc) is 2.25. The first-order chi connectivity index (χ1) is 7.80. The molecule has 0 aromatic rings. The van der Waals surface area contributed by atoms with Gasteiger partial charge in [0, 0.05) is 26.6 Å². The molecular weight excluding hydrogens is 220 g/mol. The Morgan fingerprint density at radius 1 is 1.35 bits per heavy atom. The van der Waals surface area contributed by atoms with Gasteiger partial charge in [-0.3, -0.25) is 9.59 Å². The van der Waals surface area contributed by atoms with Crippen LogP contribution < -0.4 is 5.32 Å². The summed E-state index contributed by atoms with van der Waals surface area (Å²) in [6.45, 7) is 6.53. The molecule has 5 heteroatoms. The molecule has 0 radical (unpaired) electrons. The van der Waals surface area contributed by atoms with Crippen molar-refractivity contribution in [1.82, 2.24) is 10.2 Å². The lowest BCUT2D eigenvalue weighted by Gasteiger charge is -2.35. The molecule has 2 N–H and O–H groups in total. The molecule has 1 saturated heterocycles. The van der Waals surface area contributed by atoms with E-state index in [4.69, 9.17) is 0 Å². The fraction of sp³-hybridized carbons (Fsp3) is 0.833. The van der Waals surface area contributed by atoms with Gasteiger partial charge in [-0.15, -0.1) is 0 Å². The molecule has 0 aromatic heterocycles. The second-order valence-electron chi connectivity index (χ2n) is 5.23. The number of hydrogen-bond donors (Lipinski definition) is 2. The summed E-state index contributed by atoms with van der Waals surface area (Å²) in [6.07, 6.45) is 1.75. The van der Waals surface area contributed by atoms with Crippen LogP contribution in [0.25, 0.3) is 0 Å². The molecular formula is C12H22N2O3. The molecule has 0 saturated carbocycles. The Morgan fingerprint density at radius 3 is 2.29 bits per heavy atom. The topological polar surface area (TPSA) is 69.6 Å². The van der Waals surface area contributed by atoms with Gasteiger partial charge in [0.2, 0.25) is 5.91 Å². The van der Waals surface area contributed by atoms with Gasteiger partial charge in [-0.2, -0.15) is 0 Å². The van der Waals surface area contributed by atoms with Crippen LogP contribution in [0.3, 0.4) is 0 Å². The van der Waals surface area contributed by atoms with Crippen LogP contribution >= 0.6 is 0 Å². The quantitative estimate of drug-likeness (QED) is 0.739. The van der Waals surface area contributed by atoms with Gasteiger partial charge >= 0.3 is 0 Å². The summed E-state index contributed by atoms with van der Waals surface area (Å²) >= 11 is 0. The lowest BCUT2D eigenvalue weighted by atomic mass is 9.95. The zero-order chi connectivity index (χ0) is 13.1. The van der Waals surface area contributed by atoms with Gasteiger partial charge in [0.15, 0.2) is 0 Å². The fourth-order valence-corrected chi connectivity index (χ4v) is 2.02. The molecule has 0 aliphatic carbocycles. The van der Waals surface area contributed by atoms with Crippen molar-refractivity contribution in [3.8, 4) is 0 Å². The van der Waals surface area contributed by atoms with E-state index in [2.05, 4.69) is 5.32 Å². The van der Waals surface area contributed by atoms with Crippen LogP contribution in [-0.4, -0.2) is 47.1 Å². The number of aliphatic hydroxyl groups is 1. The minimum Gasteiger partial charge on any atom is -0.381 e. The highest BCUT2D eigenvalue weighted by molar-refractivity contribution is 5.84. The largest absolute Gasteiger partial charge is 0.381 e. The first-order valence-electron chi connectivity index (χ1n) is 6.07. The van der Waals surface area contributed by atoms with Crippen LogP contribution in [0.5, 0.6) is 0 Å². The van der Waals surface area contributed by atoms with E-state index in [0.29, 0.717) is 25.6 Å². The summed E-state index contributed by atoms with van der Waals surface area (Å²) < 4.78 is 0. The Hall–Kier alpha value is -1.10. The molecule has 1 aliphatic heterocycles. The van der Waals surface area contributed by atoms with Crippen LogP contribution in [0, 0.1) is 5.92 Å². The second kappa shape index (κ2) is 5.49. The molecule has 17 heavy (non-hydrogen) atoms. The highest BCUT2D eigenvalue weighted by Crippen LogP contribution is 2.19. The summed E-state index contributed by atoms with van der Waals surface area (Å²) in [5.41, 5.74) is -1.29. The van der Waals surface area contributed by atoms with Crippen LogP contribution in [0.4, 0.5) is 0 Å². The third-order valence-corrected chi connectivity index (χ3v) is 3.06. The number of amides is 2. The number of hydrogen-bond acceptors (Lipinski definition) is 3. The monoisotopic (exact) mass is 242 g/mol. The third-order valence-electron chi connectivity index (χ3n) is 3.06. The lowest BCUT2D eigenvalue weighted by molar-refractivity contribution is -0.149. The number of likely N-dealkylation sites (tertiary alicyclic amines) is 1. The summed E-state index contributed by atoms with van der Waals surface area (Å²) in [4.78, 5) is 24.3. The van der Waals surface area contributed by atoms with Crippen LogP contribution in [-0.2, 0) is 9.59 Å². The SMILES string of the molecule is CC(=O)NCC1CCN(C(=O)C(C)(C)O)CC1. The van der Waals surface area contributed by atoms with Gasteiger partial charge in [0.1, 0.15) is 5.60 Å². The molecule has 1 rings (SSSR count). The summed E-state index contributed by atoms with van der Waals surface area (Å²) in [7, 11) is 0. The van der Waals surface area contributed by atoms with Gasteiger partial charge in [-0.05, 0) is 32.6 Å². The molecule has 0 atom stereocenters. The molecule has 98 valence electrons. The lowest BCUT2D eigenvalue weighted by Crippen LogP contribution is -2.49. The molecule has 5 nitrogen and oxygen atoms in total. The number of nitrogens with one attached hydrogen (secondary N) is 1. The van der Waals surface area contributed by atoms with Crippen molar-refractivity contribution in [1.29, 1.82) is 0 Å². The Morgan fingerprint density at radius 2 is 1.88 bits per heavy atom. The smallest absolute Gasteiger partial charge is 0.253 e. The van der Waals surface area contributed by atoms with E-state index in [1.807, 2.05) is 0 Å². The number of carbonyl (C=O) groups excluding carboxylic acids is 2. The van der Waals surface area contributed by atoms with Gasteiger partial charge in [-0.1, -0.05) is 0 Å². The average molecular weight is 242 g/mol. The highest BCUT2D eigenvalue weighted by atomic mass is 16.3. The maximum absolute atomic E-state index is 11.8. The molecule has 1 heterocycles. The van der Waals surface area contributed by atoms with Crippen molar-refractivity contribution in [3.05, 3.63) is 0 Å². The van der Waals surface area contributed by atoms with E-state index < -0.39 is 5.60 Å². The Labute approximate surface area is 102 Å². The first-order valence-corrected chi connectivity index (χ1v) is 6.07. The standard InChI is InChI=1S/C12H22N2O3/c1-9(15)13-8-10-4-6-14(7-5-10)11(16)12(2,3)17/h10,17H,4-8H2,1-3H3,(H,13,15). The Bertz CT molecular complexity index is 289. The van der Waals surface area contributed by atoms with Crippen molar-refractivity contribution in [3.63, 3.8) is 0 Å². The molecule has 1 fully saturated rings. The van der Waals surface area contributed by atoms with Gasteiger partial charge in [0.25, 0.3) is 5.91 Å². The van der Waals surface area contributed by atoms with E-state index >= 15 is 0 Å². The minimum atomic E-state index is -1.29. The van der Waals surface area contributed by atoms with E-state index in [-0.39, 0.29) is 11.8 Å². The van der Waals surface area contributed by atoms with E-state index in [9.17, 15) is 14.7 Å². The molecule has 0 bridgehead atoms.